The van der Waals surface area contributed by atoms with Crippen molar-refractivity contribution in [1.82, 2.24) is 0 Å². The smallest absolute Gasteiger partial charge is 0.406 e. The molecule has 2 nitrogen and oxygen atoms in total. The number of benzene rings is 1. The highest BCUT2D eigenvalue weighted by Crippen LogP contribution is 2.27. The summed E-state index contributed by atoms with van der Waals surface area (Å²) in [6.45, 7) is 8.33. The van der Waals surface area contributed by atoms with Crippen LogP contribution in [-0.2, 0) is 0 Å². The standard InChI is InChI=1S/C16H21F3O2/c1-11(10-15(2,3)4)9-14(20)12-5-7-13(8-6-12)21-16(17,18)19/h5-8,11H,9-10H2,1-4H3. The average Bonchev–Trinajstić information content (AvgIpc) is 2.24. The number of halogens is 3. The lowest BCUT2D eigenvalue weighted by molar-refractivity contribution is -0.274. The summed E-state index contributed by atoms with van der Waals surface area (Å²) in [5, 5.41) is 0. The number of alkyl halides is 3. The highest BCUT2D eigenvalue weighted by Gasteiger charge is 2.31. The van der Waals surface area contributed by atoms with Crippen molar-refractivity contribution in [2.45, 2.75) is 46.9 Å². The SMILES string of the molecule is CC(CC(=O)c1ccc(OC(F)(F)F)cc1)CC(C)(C)C. The molecule has 1 aromatic rings. The fourth-order valence-corrected chi connectivity index (χ4v) is 2.39. The van der Waals surface area contributed by atoms with Gasteiger partial charge in [0.05, 0.1) is 0 Å². The third kappa shape index (κ3) is 7.16. The summed E-state index contributed by atoms with van der Waals surface area (Å²) in [7, 11) is 0. The molecule has 1 atom stereocenters. The minimum Gasteiger partial charge on any atom is -0.406 e. The van der Waals surface area contributed by atoms with Crippen LogP contribution in [-0.4, -0.2) is 12.1 Å². The van der Waals surface area contributed by atoms with Crippen LogP contribution in [0.1, 0.15) is 50.9 Å². The van der Waals surface area contributed by atoms with Gasteiger partial charge in [0.1, 0.15) is 5.75 Å². The van der Waals surface area contributed by atoms with E-state index in [1.807, 2.05) is 6.92 Å². The fourth-order valence-electron chi connectivity index (χ4n) is 2.39. The molecule has 1 unspecified atom stereocenters. The quantitative estimate of drug-likeness (QED) is 0.696. The third-order valence-corrected chi connectivity index (χ3v) is 2.90. The molecule has 1 rings (SSSR count). The lowest BCUT2D eigenvalue weighted by atomic mass is 9.83. The zero-order chi connectivity index (χ0) is 16.3. The normalized spacial score (nSPS) is 13.9. The summed E-state index contributed by atoms with van der Waals surface area (Å²) in [6.07, 6.45) is -3.42. The molecule has 0 N–H and O–H groups in total. The van der Waals surface area contributed by atoms with Crippen LogP contribution in [0.4, 0.5) is 13.2 Å². The van der Waals surface area contributed by atoms with Gasteiger partial charge in [-0.15, -0.1) is 13.2 Å². The molecule has 0 aliphatic heterocycles. The molecule has 0 aliphatic rings. The second-order valence-electron chi connectivity index (χ2n) is 6.57. The largest absolute Gasteiger partial charge is 0.573 e. The highest BCUT2D eigenvalue weighted by molar-refractivity contribution is 5.96. The van der Waals surface area contributed by atoms with Crippen LogP contribution in [0, 0.1) is 11.3 Å². The Kier molecular flexibility index (Phi) is 5.42. The van der Waals surface area contributed by atoms with Gasteiger partial charge in [0.25, 0.3) is 0 Å². The monoisotopic (exact) mass is 302 g/mol. The topological polar surface area (TPSA) is 26.3 Å². The Morgan fingerprint density at radius 1 is 1.14 bits per heavy atom. The maximum absolute atomic E-state index is 12.1. The van der Waals surface area contributed by atoms with Crippen LogP contribution in [0.3, 0.4) is 0 Å². The number of ketones is 1. The number of Topliss-reactive ketones (excluding diaryl/α,β-unsaturated/α-hetero) is 1. The van der Waals surface area contributed by atoms with Gasteiger partial charge >= 0.3 is 6.36 Å². The molecule has 0 heterocycles. The summed E-state index contributed by atoms with van der Waals surface area (Å²) < 4.78 is 39.9. The van der Waals surface area contributed by atoms with E-state index >= 15 is 0 Å². The van der Waals surface area contributed by atoms with Gasteiger partial charge in [0, 0.05) is 12.0 Å². The van der Waals surface area contributed by atoms with Crippen molar-refractivity contribution in [3.63, 3.8) is 0 Å². The van der Waals surface area contributed by atoms with E-state index in [4.69, 9.17) is 0 Å². The summed E-state index contributed by atoms with van der Waals surface area (Å²) in [4.78, 5) is 12.1. The Balaban J connectivity index is 2.63. The molecule has 0 bridgehead atoms. The first kappa shape index (κ1) is 17.5. The van der Waals surface area contributed by atoms with Crippen molar-refractivity contribution in [3.05, 3.63) is 29.8 Å². The predicted octanol–water partition coefficient (Wildman–Crippen LogP) is 5.23. The van der Waals surface area contributed by atoms with Gasteiger partial charge in [-0.1, -0.05) is 27.7 Å². The number of carbonyl (C=O) groups is 1. The molecule has 0 aromatic heterocycles. The number of carbonyl (C=O) groups excluding carboxylic acids is 1. The predicted molar refractivity (Wildman–Crippen MR) is 75.3 cm³/mol. The molecule has 0 radical (unpaired) electrons. The van der Waals surface area contributed by atoms with Crippen LogP contribution < -0.4 is 4.74 Å². The van der Waals surface area contributed by atoms with Crippen molar-refractivity contribution in [1.29, 1.82) is 0 Å². The van der Waals surface area contributed by atoms with Gasteiger partial charge in [-0.2, -0.15) is 0 Å². The highest BCUT2D eigenvalue weighted by atomic mass is 19.4. The molecule has 1 aromatic carbocycles. The van der Waals surface area contributed by atoms with Crippen LogP contribution in [0.25, 0.3) is 0 Å². The molecular weight excluding hydrogens is 281 g/mol. The van der Waals surface area contributed by atoms with Crippen molar-refractivity contribution in [2.75, 3.05) is 0 Å². The van der Waals surface area contributed by atoms with Crippen LogP contribution in [0.5, 0.6) is 5.75 Å². The van der Waals surface area contributed by atoms with Gasteiger partial charge in [-0.05, 0) is 42.0 Å². The number of hydrogen-bond donors (Lipinski definition) is 0. The molecule has 21 heavy (non-hydrogen) atoms. The summed E-state index contributed by atoms with van der Waals surface area (Å²) >= 11 is 0. The van der Waals surface area contributed by atoms with Crippen molar-refractivity contribution < 1.29 is 22.7 Å². The number of hydrogen-bond acceptors (Lipinski definition) is 2. The Hall–Kier alpha value is -1.52. The van der Waals surface area contributed by atoms with E-state index in [1.165, 1.54) is 12.1 Å². The average molecular weight is 302 g/mol. The number of rotatable bonds is 5. The molecule has 0 fully saturated rings. The molecule has 5 heteroatoms. The molecule has 0 saturated carbocycles. The van der Waals surface area contributed by atoms with Gasteiger partial charge in [0.15, 0.2) is 5.78 Å². The van der Waals surface area contributed by atoms with Crippen molar-refractivity contribution in [3.8, 4) is 5.75 Å². The Bertz CT molecular complexity index is 470. The zero-order valence-corrected chi connectivity index (χ0v) is 12.8. The lowest BCUT2D eigenvalue weighted by Crippen LogP contribution is -2.17. The Labute approximate surface area is 123 Å². The Morgan fingerprint density at radius 3 is 2.10 bits per heavy atom. The fraction of sp³-hybridized carbons (Fsp3) is 0.562. The Morgan fingerprint density at radius 2 is 1.67 bits per heavy atom. The summed E-state index contributed by atoms with van der Waals surface area (Å²) in [6, 6.07) is 5.06. The minimum absolute atomic E-state index is 0.0645. The van der Waals surface area contributed by atoms with Crippen LogP contribution in [0.2, 0.25) is 0 Å². The molecule has 0 aliphatic carbocycles. The third-order valence-electron chi connectivity index (χ3n) is 2.90. The maximum atomic E-state index is 12.1. The van der Waals surface area contributed by atoms with Crippen molar-refractivity contribution in [2.24, 2.45) is 11.3 Å². The first-order valence-corrected chi connectivity index (χ1v) is 6.85. The van der Waals surface area contributed by atoms with Gasteiger partial charge in [0.2, 0.25) is 0 Å². The zero-order valence-electron chi connectivity index (χ0n) is 12.8. The van der Waals surface area contributed by atoms with E-state index < -0.39 is 6.36 Å². The maximum Gasteiger partial charge on any atom is 0.573 e. The van der Waals surface area contributed by atoms with Crippen LogP contribution >= 0.6 is 0 Å². The second-order valence-corrected chi connectivity index (χ2v) is 6.57. The minimum atomic E-state index is -4.72. The molecule has 0 saturated heterocycles. The van der Waals surface area contributed by atoms with E-state index in [0.29, 0.717) is 12.0 Å². The van der Waals surface area contributed by atoms with E-state index in [0.717, 1.165) is 18.6 Å². The first-order valence-electron chi connectivity index (χ1n) is 6.85. The molecule has 118 valence electrons. The van der Waals surface area contributed by atoms with E-state index in [9.17, 15) is 18.0 Å². The first-order chi connectivity index (χ1) is 9.46. The second kappa shape index (κ2) is 6.50. The van der Waals surface area contributed by atoms with Gasteiger partial charge in [-0.3, -0.25) is 4.79 Å². The van der Waals surface area contributed by atoms with E-state index in [2.05, 4.69) is 25.5 Å². The summed E-state index contributed by atoms with van der Waals surface area (Å²) in [5.74, 6) is -0.157. The van der Waals surface area contributed by atoms with Gasteiger partial charge < -0.3 is 4.74 Å². The van der Waals surface area contributed by atoms with Gasteiger partial charge in [-0.25, -0.2) is 0 Å². The number of ether oxygens (including phenoxy) is 1. The summed E-state index contributed by atoms with van der Waals surface area (Å²) in [5.41, 5.74) is 0.551. The van der Waals surface area contributed by atoms with E-state index in [-0.39, 0.29) is 22.9 Å². The van der Waals surface area contributed by atoms with Crippen molar-refractivity contribution >= 4 is 5.78 Å². The lowest BCUT2D eigenvalue weighted by Gasteiger charge is -2.22. The van der Waals surface area contributed by atoms with E-state index in [1.54, 1.807) is 0 Å². The molecular formula is C16H21F3O2. The van der Waals surface area contributed by atoms with Crippen LogP contribution in [0.15, 0.2) is 24.3 Å². The molecule has 0 amide bonds. The molecule has 0 spiro atoms.